The van der Waals surface area contributed by atoms with Gasteiger partial charge in [-0.1, -0.05) is 27.7 Å². The number of esters is 1. The fourth-order valence-corrected chi connectivity index (χ4v) is 3.21. The van der Waals surface area contributed by atoms with Gasteiger partial charge in [0.15, 0.2) is 0 Å². The number of carbonyl (C=O) groups excluding carboxylic acids is 1. The van der Waals surface area contributed by atoms with Gasteiger partial charge in [0, 0.05) is 6.42 Å². The summed E-state index contributed by atoms with van der Waals surface area (Å²) in [5.41, 5.74) is 0. The van der Waals surface area contributed by atoms with E-state index < -0.39 is 42.1 Å². The first-order valence-corrected chi connectivity index (χ1v) is 9.27. The number of hydrogen-bond acceptors (Lipinski definition) is 3. The zero-order chi connectivity index (χ0) is 20.8. The molecule has 0 aromatic rings. The predicted molar refractivity (Wildman–Crippen MR) is 86.7 cm³/mol. The maximum Gasteiger partial charge on any atom is 0.459 e. The second-order valence-corrected chi connectivity index (χ2v) is 8.20. The molecule has 0 aromatic heterocycles. The number of thioether (sulfide) groups is 1. The molecule has 0 spiro atoms. The minimum Gasteiger partial charge on any atom is -0.465 e. The Bertz CT molecular complexity index is 437. The summed E-state index contributed by atoms with van der Waals surface area (Å²) in [6, 6.07) is 0. The molecule has 26 heavy (non-hydrogen) atoms. The first-order valence-electron chi connectivity index (χ1n) is 8.22. The SMILES string of the molecule is CC(C)COC(=O)C(CC(C)C)SCCCC(F)(F)C(F)(F)C(F)(F)F. The molecule has 0 aliphatic rings. The molecule has 156 valence electrons. The highest BCUT2D eigenvalue weighted by atomic mass is 32.2. The van der Waals surface area contributed by atoms with Gasteiger partial charge < -0.3 is 4.74 Å². The van der Waals surface area contributed by atoms with Gasteiger partial charge in [0.25, 0.3) is 0 Å². The molecule has 0 radical (unpaired) electrons. The molecular weight excluding hydrogens is 389 g/mol. The lowest BCUT2D eigenvalue weighted by Crippen LogP contribution is -2.51. The molecule has 0 aromatic carbocycles. The van der Waals surface area contributed by atoms with Crippen molar-refractivity contribution in [3.63, 3.8) is 0 Å². The van der Waals surface area contributed by atoms with E-state index in [1.165, 1.54) is 0 Å². The average molecular weight is 414 g/mol. The lowest BCUT2D eigenvalue weighted by molar-refractivity contribution is -0.355. The van der Waals surface area contributed by atoms with Crippen LogP contribution in [0, 0.1) is 11.8 Å². The van der Waals surface area contributed by atoms with Crippen molar-refractivity contribution in [1.82, 2.24) is 0 Å². The zero-order valence-corrected chi connectivity index (χ0v) is 16.0. The van der Waals surface area contributed by atoms with Gasteiger partial charge in [-0.05, 0) is 30.4 Å². The van der Waals surface area contributed by atoms with Gasteiger partial charge in [0.2, 0.25) is 0 Å². The van der Waals surface area contributed by atoms with Gasteiger partial charge in [0.1, 0.15) is 5.25 Å². The smallest absolute Gasteiger partial charge is 0.459 e. The van der Waals surface area contributed by atoms with Gasteiger partial charge in [-0.2, -0.15) is 30.7 Å². The summed E-state index contributed by atoms with van der Waals surface area (Å²) in [6.07, 6.45) is -8.14. The van der Waals surface area contributed by atoms with E-state index in [0.717, 1.165) is 11.8 Å². The van der Waals surface area contributed by atoms with Crippen LogP contribution in [0.2, 0.25) is 0 Å². The van der Waals surface area contributed by atoms with Crippen molar-refractivity contribution < 1.29 is 40.3 Å². The summed E-state index contributed by atoms with van der Waals surface area (Å²) < 4.78 is 93.4. The van der Waals surface area contributed by atoms with Crippen molar-refractivity contribution in [3.8, 4) is 0 Å². The van der Waals surface area contributed by atoms with E-state index in [4.69, 9.17) is 4.74 Å². The van der Waals surface area contributed by atoms with E-state index in [1.54, 1.807) is 0 Å². The summed E-state index contributed by atoms with van der Waals surface area (Å²) in [6.45, 7) is 7.52. The van der Waals surface area contributed by atoms with Crippen molar-refractivity contribution in [1.29, 1.82) is 0 Å². The van der Waals surface area contributed by atoms with E-state index in [-0.39, 0.29) is 24.2 Å². The van der Waals surface area contributed by atoms with Crippen molar-refractivity contribution in [2.75, 3.05) is 12.4 Å². The fourth-order valence-electron chi connectivity index (χ4n) is 1.89. The fraction of sp³-hybridized carbons (Fsp3) is 0.938. The van der Waals surface area contributed by atoms with Crippen LogP contribution >= 0.6 is 11.8 Å². The Morgan fingerprint density at radius 1 is 0.962 bits per heavy atom. The number of carbonyl (C=O) groups is 1. The highest BCUT2D eigenvalue weighted by molar-refractivity contribution is 8.00. The Balaban J connectivity index is 4.65. The Labute approximate surface area is 153 Å². The highest BCUT2D eigenvalue weighted by Crippen LogP contribution is 2.48. The Hall–Kier alpha value is -0.670. The summed E-state index contributed by atoms with van der Waals surface area (Å²) in [5, 5.41) is -0.675. The molecule has 2 nitrogen and oxygen atoms in total. The molecule has 0 saturated carbocycles. The number of ether oxygens (including phenoxy) is 1. The summed E-state index contributed by atoms with van der Waals surface area (Å²) >= 11 is 0.934. The molecule has 0 N–H and O–H groups in total. The first kappa shape index (κ1) is 25.3. The third-order valence-corrected chi connectivity index (χ3v) is 4.59. The standard InChI is InChI=1S/C16H25F7O2S/c1-10(2)8-12(13(24)25-9-11(3)4)26-7-5-6-14(17,18)15(19,20)16(21,22)23/h10-12H,5-9H2,1-4H3. The molecule has 0 heterocycles. The lowest BCUT2D eigenvalue weighted by Gasteiger charge is -2.28. The molecule has 10 heteroatoms. The number of halogens is 7. The second kappa shape index (κ2) is 10.0. The van der Waals surface area contributed by atoms with Crippen LogP contribution in [0.5, 0.6) is 0 Å². The largest absolute Gasteiger partial charge is 0.465 e. The third kappa shape index (κ3) is 7.92. The maximum atomic E-state index is 13.2. The van der Waals surface area contributed by atoms with Crippen LogP contribution in [0.1, 0.15) is 47.0 Å². The van der Waals surface area contributed by atoms with Crippen LogP contribution < -0.4 is 0 Å². The molecule has 0 saturated heterocycles. The van der Waals surface area contributed by atoms with Gasteiger partial charge in [-0.25, -0.2) is 0 Å². The Kier molecular flexibility index (Phi) is 9.77. The van der Waals surface area contributed by atoms with Crippen molar-refractivity contribution in [2.24, 2.45) is 11.8 Å². The van der Waals surface area contributed by atoms with Gasteiger partial charge in [-0.15, -0.1) is 11.8 Å². The van der Waals surface area contributed by atoms with Crippen molar-refractivity contribution >= 4 is 17.7 Å². The van der Waals surface area contributed by atoms with Crippen molar-refractivity contribution in [3.05, 3.63) is 0 Å². The van der Waals surface area contributed by atoms with E-state index in [9.17, 15) is 35.5 Å². The van der Waals surface area contributed by atoms with Gasteiger partial charge in [-0.3, -0.25) is 4.79 Å². The summed E-state index contributed by atoms with van der Waals surface area (Å²) in [4.78, 5) is 12.0. The Morgan fingerprint density at radius 3 is 1.92 bits per heavy atom. The quantitative estimate of drug-likeness (QED) is 0.238. The summed E-state index contributed by atoms with van der Waals surface area (Å²) in [5.74, 6) is -11.8. The zero-order valence-electron chi connectivity index (χ0n) is 15.1. The highest BCUT2D eigenvalue weighted by Gasteiger charge is 2.72. The Morgan fingerprint density at radius 2 is 1.50 bits per heavy atom. The normalized spacial score (nSPS) is 14.8. The number of hydrogen-bond donors (Lipinski definition) is 0. The topological polar surface area (TPSA) is 26.3 Å². The lowest BCUT2D eigenvalue weighted by atomic mass is 10.1. The number of rotatable bonds is 11. The van der Waals surface area contributed by atoms with Crippen LogP contribution in [-0.2, 0) is 9.53 Å². The van der Waals surface area contributed by atoms with Crippen LogP contribution in [-0.4, -0.2) is 41.6 Å². The van der Waals surface area contributed by atoms with Crippen LogP contribution in [0.3, 0.4) is 0 Å². The van der Waals surface area contributed by atoms with Crippen LogP contribution in [0.4, 0.5) is 30.7 Å². The van der Waals surface area contributed by atoms with Crippen LogP contribution in [0.15, 0.2) is 0 Å². The minimum atomic E-state index is -6.32. The molecule has 0 bridgehead atoms. The van der Waals surface area contributed by atoms with Crippen molar-refractivity contribution in [2.45, 2.75) is 70.2 Å². The van der Waals surface area contributed by atoms with E-state index in [2.05, 4.69) is 0 Å². The van der Waals surface area contributed by atoms with E-state index in [0.29, 0.717) is 6.42 Å². The monoisotopic (exact) mass is 414 g/mol. The van der Waals surface area contributed by atoms with Gasteiger partial charge in [0.05, 0.1) is 6.61 Å². The average Bonchev–Trinajstić information content (AvgIpc) is 2.46. The molecule has 0 fully saturated rings. The summed E-state index contributed by atoms with van der Waals surface area (Å²) in [7, 11) is 0. The van der Waals surface area contributed by atoms with Crippen LogP contribution in [0.25, 0.3) is 0 Å². The van der Waals surface area contributed by atoms with Gasteiger partial charge >= 0.3 is 24.0 Å². The molecule has 0 rings (SSSR count). The molecular formula is C16H25F7O2S. The molecule has 1 unspecified atom stereocenters. The molecule has 0 aliphatic heterocycles. The predicted octanol–water partition coefficient (Wildman–Crippen LogP) is 5.95. The second-order valence-electron chi connectivity index (χ2n) is 6.89. The molecule has 1 atom stereocenters. The molecule has 0 aliphatic carbocycles. The number of alkyl halides is 7. The third-order valence-electron chi connectivity index (χ3n) is 3.28. The van der Waals surface area contributed by atoms with E-state index in [1.807, 2.05) is 27.7 Å². The van der Waals surface area contributed by atoms with E-state index >= 15 is 0 Å². The minimum absolute atomic E-state index is 0.0927. The maximum absolute atomic E-state index is 13.2. The molecule has 0 amide bonds. The first-order chi connectivity index (χ1) is 11.6.